The molecule has 4 nitrogen and oxygen atoms in total. The van der Waals surface area contributed by atoms with Crippen molar-refractivity contribution in [3.8, 4) is 0 Å². The van der Waals surface area contributed by atoms with Gasteiger partial charge in [0.05, 0.1) is 5.69 Å². The Morgan fingerprint density at radius 2 is 2.27 bits per heavy atom. The summed E-state index contributed by atoms with van der Waals surface area (Å²) in [6.45, 7) is 7.47. The van der Waals surface area contributed by atoms with Gasteiger partial charge >= 0.3 is 0 Å². The van der Waals surface area contributed by atoms with Gasteiger partial charge in [0.2, 0.25) is 5.91 Å². The van der Waals surface area contributed by atoms with Crippen LogP contribution in [0.15, 0.2) is 6.20 Å². The monoisotopic (exact) mass is 209 g/mol. The fourth-order valence-corrected chi connectivity index (χ4v) is 1.40. The van der Waals surface area contributed by atoms with Gasteiger partial charge in [0.25, 0.3) is 0 Å². The standard InChI is InChI=1S/C11H19N3O/c1-4-6-11(15)12-7-10-8-14(5-2)13-9(10)3/h8H,4-7H2,1-3H3,(H,12,15). The summed E-state index contributed by atoms with van der Waals surface area (Å²) >= 11 is 0. The zero-order valence-corrected chi connectivity index (χ0v) is 9.71. The van der Waals surface area contributed by atoms with E-state index < -0.39 is 0 Å². The lowest BCUT2D eigenvalue weighted by atomic mass is 10.2. The van der Waals surface area contributed by atoms with Crippen molar-refractivity contribution < 1.29 is 4.79 Å². The van der Waals surface area contributed by atoms with Gasteiger partial charge in [-0.3, -0.25) is 9.48 Å². The number of amides is 1. The first-order chi connectivity index (χ1) is 7.17. The SMILES string of the molecule is CCCC(=O)NCc1cn(CC)nc1C. The number of carbonyl (C=O) groups excluding carboxylic acids is 1. The number of rotatable bonds is 5. The van der Waals surface area contributed by atoms with Gasteiger partial charge in [-0.05, 0) is 20.3 Å². The van der Waals surface area contributed by atoms with Crippen molar-refractivity contribution in [3.05, 3.63) is 17.5 Å². The molecule has 1 aromatic heterocycles. The molecule has 0 saturated heterocycles. The number of carbonyl (C=O) groups is 1. The van der Waals surface area contributed by atoms with E-state index in [1.165, 1.54) is 0 Å². The number of hydrogen-bond donors (Lipinski definition) is 1. The van der Waals surface area contributed by atoms with Gasteiger partial charge in [-0.25, -0.2) is 0 Å². The second-order valence-electron chi connectivity index (χ2n) is 3.62. The van der Waals surface area contributed by atoms with Crippen LogP contribution in [0, 0.1) is 6.92 Å². The highest BCUT2D eigenvalue weighted by Crippen LogP contribution is 2.05. The van der Waals surface area contributed by atoms with Crippen LogP contribution in [-0.2, 0) is 17.9 Å². The van der Waals surface area contributed by atoms with Crippen LogP contribution in [0.25, 0.3) is 0 Å². The predicted molar refractivity (Wildman–Crippen MR) is 59.4 cm³/mol. The smallest absolute Gasteiger partial charge is 0.220 e. The normalized spacial score (nSPS) is 10.3. The van der Waals surface area contributed by atoms with Crippen LogP contribution in [0.3, 0.4) is 0 Å². The third-order valence-corrected chi connectivity index (χ3v) is 2.33. The Balaban J connectivity index is 2.49. The number of hydrogen-bond acceptors (Lipinski definition) is 2. The zero-order chi connectivity index (χ0) is 11.3. The first-order valence-corrected chi connectivity index (χ1v) is 5.47. The average molecular weight is 209 g/mol. The van der Waals surface area contributed by atoms with Crippen molar-refractivity contribution in [3.63, 3.8) is 0 Å². The molecule has 0 aliphatic rings. The van der Waals surface area contributed by atoms with Gasteiger partial charge in [0.15, 0.2) is 0 Å². The van der Waals surface area contributed by atoms with E-state index >= 15 is 0 Å². The van der Waals surface area contributed by atoms with Crippen molar-refractivity contribution in [1.82, 2.24) is 15.1 Å². The fraction of sp³-hybridized carbons (Fsp3) is 0.636. The Bertz CT molecular complexity index is 331. The maximum absolute atomic E-state index is 11.3. The first-order valence-electron chi connectivity index (χ1n) is 5.47. The molecule has 84 valence electrons. The van der Waals surface area contributed by atoms with Crippen molar-refractivity contribution in [2.45, 2.75) is 46.7 Å². The highest BCUT2D eigenvalue weighted by Gasteiger charge is 2.05. The van der Waals surface area contributed by atoms with E-state index in [1.807, 2.05) is 31.6 Å². The summed E-state index contributed by atoms with van der Waals surface area (Å²) in [7, 11) is 0. The minimum Gasteiger partial charge on any atom is -0.352 e. The lowest BCUT2D eigenvalue weighted by molar-refractivity contribution is -0.121. The Labute approximate surface area is 90.7 Å². The van der Waals surface area contributed by atoms with Gasteiger partial charge in [0, 0.05) is 31.3 Å². The summed E-state index contributed by atoms with van der Waals surface area (Å²) in [6.07, 6.45) is 3.47. The van der Waals surface area contributed by atoms with Crippen molar-refractivity contribution in [1.29, 1.82) is 0 Å². The van der Waals surface area contributed by atoms with Crippen LogP contribution in [0.1, 0.15) is 37.9 Å². The van der Waals surface area contributed by atoms with Crippen LogP contribution in [0.4, 0.5) is 0 Å². The molecule has 1 N–H and O–H groups in total. The summed E-state index contributed by atoms with van der Waals surface area (Å²) < 4.78 is 1.89. The van der Waals surface area contributed by atoms with Gasteiger partial charge < -0.3 is 5.32 Å². The van der Waals surface area contributed by atoms with Crippen molar-refractivity contribution in [2.75, 3.05) is 0 Å². The minimum absolute atomic E-state index is 0.112. The van der Waals surface area contributed by atoms with E-state index in [4.69, 9.17) is 0 Å². The maximum atomic E-state index is 11.3. The quantitative estimate of drug-likeness (QED) is 0.801. The number of aromatic nitrogens is 2. The predicted octanol–water partition coefficient (Wildman–Crippen LogP) is 1.63. The van der Waals surface area contributed by atoms with E-state index in [-0.39, 0.29) is 5.91 Å². The van der Waals surface area contributed by atoms with E-state index in [0.29, 0.717) is 13.0 Å². The summed E-state index contributed by atoms with van der Waals surface area (Å²) in [5, 5.41) is 7.20. The molecule has 15 heavy (non-hydrogen) atoms. The molecule has 1 heterocycles. The summed E-state index contributed by atoms with van der Waals surface area (Å²) in [6, 6.07) is 0. The van der Waals surface area contributed by atoms with E-state index in [2.05, 4.69) is 10.4 Å². The highest BCUT2D eigenvalue weighted by atomic mass is 16.1. The molecule has 1 amide bonds. The van der Waals surface area contributed by atoms with Crippen LogP contribution in [0.2, 0.25) is 0 Å². The molecule has 1 aromatic rings. The molecule has 0 radical (unpaired) electrons. The number of nitrogens with zero attached hydrogens (tertiary/aromatic N) is 2. The van der Waals surface area contributed by atoms with Crippen LogP contribution in [0.5, 0.6) is 0 Å². The second-order valence-corrected chi connectivity index (χ2v) is 3.62. The first kappa shape index (κ1) is 11.8. The Morgan fingerprint density at radius 1 is 1.53 bits per heavy atom. The van der Waals surface area contributed by atoms with Gasteiger partial charge in [-0.1, -0.05) is 6.92 Å². The molecule has 0 atom stereocenters. The molecule has 0 unspecified atom stereocenters. The summed E-state index contributed by atoms with van der Waals surface area (Å²) in [5.74, 6) is 0.112. The molecule has 0 fully saturated rings. The number of nitrogens with one attached hydrogen (secondary N) is 1. The van der Waals surface area contributed by atoms with Crippen molar-refractivity contribution in [2.24, 2.45) is 0 Å². The fourth-order valence-electron chi connectivity index (χ4n) is 1.40. The van der Waals surface area contributed by atoms with Crippen LogP contribution in [-0.4, -0.2) is 15.7 Å². The third kappa shape index (κ3) is 3.38. The van der Waals surface area contributed by atoms with Crippen LogP contribution < -0.4 is 5.32 Å². The maximum Gasteiger partial charge on any atom is 0.220 e. The average Bonchev–Trinajstić information content (AvgIpc) is 2.57. The Morgan fingerprint density at radius 3 is 2.80 bits per heavy atom. The molecule has 0 aliphatic heterocycles. The topological polar surface area (TPSA) is 46.9 Å². The third-order valence-electron chi connectivity index (χ3n) is 2.33. The summed E-state index contributed by atoms with van der Waals surface area (Å²) in [5.41, 5.74) is 2.09. The molecule has 0 bridgehead atoms. The lowest BCUT2D eigenvalue weighted by Crippen LogP contribution is -2.22. The Hall–Kier alpha value is -1.32. The molecular weight excluding hydrogens is 190 g/mol. The zero-order valence-electron chi connectivity index (χ0n) is 9.71. The van der Waals surface area contributed by atoms with Gasteiger partial charge in [-0.2, -0.15) is 5.10 Å². The molecule has 0 spiro atoms. The van der Waals surface area contributed by atoms with E-state index in [0.717, 1.165) is 24.2 Å². The molecule has 4 heteroatoms. The van der Waals surface area contributed by atoms with E-state index in [1.54, 1.807) is 0 Å². The highest BCUT2D eigenvalue weighted by molar-refractivity contribution is 5.75. The molecule has 0 aromatic carbocycles. The lowest BCUT2D eigenvalue weighted by Gasteiger charge is -2.02. The van der Waals surface area contributed by atoms with Gasteiger partial charge in [0.1, 0.15) is 0 Å². The molecular formula is C11H19N3O. The van der Waals surface area contributed by atoms with Crippen LogP contribution >= 0.6 is 0 Å². The molecule has 0 aliphatic carbocycles. The number of aryl methyl sites for hydroxylation is 2. The molecule has 1 rings (SSSR count). The molecule has 0 saturated carbocycles. The summed E-state index contributed by atoms with van der Waals surface area (Å²) in [4.78, 5) is 11.3. The largest absolute Gasteiger partial charge is 0.352 e. The Kier molecular flexibility index (Phi) is 4.34. The van der Waals surface area contributed by atoms with E-state index in [9.17, 15) is 4.79 Å². The van der Waals surface area contributed by atoms with Crippen molar-refractivity contribution >= 4 is 5.91 Å². The minimum atomic E-state index is 0.112. The van der Waals surface area contributed by atoms with Gasteiger partial charge in [-0.15, -0.1) is 0 Å². The second kappa shape index (κ2) is 5.53.